The lowest BCUT2D eigenvalue weighted by atomic mass is 10.2. The molecule has 0 bridgehead atoms. The molecular weight excluding hydrogens is 214 g/mol. The number of thiol groups is 1. The lowest BCUT2D eigenvalue weighted by Crippen LogP contribution is -1.93. The highest BCUT2D eigenvalue weighted by Gasteiger charge is 2.09. The Labute approximate surface area is 92.1 Å². The predicted molar refractivity (Wildman–Crippen MR) is 64.7 cm³/mol. The number of nitrogen functional groups attached to an aromatic ring is 1. The molecule has 0 amide bonds. The molecule has 1 aromatic heterocycles. The Bertz CT molecular complexity index is 464. The van der Waals surface area contributed by atoms with Gasteiger partial charge in [-0.2, -0.15) is 0 Å². The van der Waals surface area contributed by atoms with Crippen LogP contribution in [0.4, 0.5) is 5.69 Å². The van der Waals surface area contributed by atoms with Crippen molar-refractivity contribution in [1.82, 2.24) is 0 Å². The van der Waals surface area contributed by atoms with E-state index in [1.165, 1.54) is 0 Å². The van der Waals surface area contributed by atoms with E-state index in [-0.39, 0.29) is 0 Å². The van der Waals surface area contributed by atoms with Gasteiger partial charge in [-0.1, -0.05) is 0 Å². The first-order chi connectivity index (χ1) is 6.74. The van der Waals surface area contributed by atoms with Crippen LogP contribution in [-0.4, -0.2) is 6.61 Å². The topological polar surface area (TPSA) is 35.2 Å². The maximum Gasteiger partial charge on any atom is 0.130 e. The summed E-state index contributed by atoms with van der Waals surface area (Å²) in [6.07, 6.45) is 0. The van der Waals surface area contributed by atoms with Gasteiger partial charge in [0, 0.05) is 10.3 Å². The first-order valence-corrected chi connectivity index (χ1v) is 5.68. The van der Waals surface area contributed by atoms with E-state index in [1.54, 1.807) is 11.3 Å². The minimum Gasteiger partial charge on any atom is -0.493 e. The normalized spacial score (nSPS) is 10.7. The molecule has 0 unspecified atom stereocenters. The largest absolute Gasteiger partial charge is 0.493 e. The molecule has 0 atom stereocenters. The van der Waals surface area contributed by atoms with Crippen molar-refractivity contribution in [2.45, 2.75) is 11.8 Å². The van der Waals surface area contributed by atoms with E-state index in [1.807, 2.05) is 24.4 Å². The molecule has 74 valence electrons. The molecule has 0 saturated heterocycles. The van der Waals surface area contributed by atoms with Gasteiger partial charge in [0.05, 0.1) is 22.4 Å². The summed E-state index contributed by atoms with van der Waals surface area (Å²) in [5, 5.41) is 2.91. The van der Waals surface area contributed by atoms with E-state index in [0.29, 0.717) is 6.61 Å². The summed E-state index contributed by atoms with van der Waals surface area (Å²) in [6, 6.07) is 3.85. The molecule has 2 nitrogen and oxygen atoms in total. The molecule has 14 heavy (non-hydrogen) atoms. The average Bonchev–Trinajstić information content (AvgIpc) is 2.55. The average molecular weight is 225 g/mol. The fourth-order valence-electron chi connectivity index (χ4n) is 1.40. The van der Waals surface area contributed by atoms with Gasteiger partial charge in [0.15, 0.2) is 0 Å². The van der Waals surface area contributed by atoms with Gasteiger partial charge in [-0.15, -0.1) is 24.0 Å². The molecule has 2 aromatic rings. The molecule has 1 heterocycles. The number of fused-ring (bicyclic) bond motifs is 1. The fraction of sp³-hybridized carbons (Fsp3) is 0.200. The van der Waals surface area contributed by atoms with Crippen molar-refractivity contribution in [3.05, 3.63) is 17.5 Å². The molecular formula is C10H11NOS2. The molecule has 4 heteroatoms. The van der Waals surface area contributed by atoms with Crippen molar-refractivity contribution in [3.8, 4) is 5.75 Å². The van der Waals surface area contributed by atoms with Gasteiger partial charge >= 0.3 is 0 Å². The van der Waals surface area contributed by atoms with Gasteiger partial charge in [-0.25, -0.2) is 0 Å². The molecule has 0 aliphatic heterocycles. The summed E-state index contributed by atoms with van der Waals surface area (Å²) in [5.41, 5.74) is 6.64. The summed E-state index contributed by atoms with van der Waals surface area (Å²) in [6.45, 7) is 2.61. The van der Waals surface area contributed by atoms with E-state index < -0.39 is 0 Å². The zero-order valence-corrected chi connectivity index (χ0v) is 9.49. The van der Waals surface area contributed by atoms with Crippen LogP contribution >= 0.6 is 24.0 Å². The van der Waals surface area contributed by atoms with Crippen molar-refractivity contribution < 1.29 is 4.74 Å². The van der Waals surface area contributed by atoms with Crippen LogP contribution in [0.5, 0.6) is 5.75 Å². The molecule has 2 N–H and O–H groups in total. The molecule has 0 aliphatic rings. The van der Waals surface area contributed by atoms with Crippen molar-refractivity contribution in [2.24, 2.45) is 0 Å². The lowest BCUT2D eigenvalue weighted by molar-refractivity contribution is 0.344. The minimum atomic E-state index is 0.649. The van der Waals surface area contributed by atoms with Crippen LogP contribution in [0, 0.1) is 0 Å². The Morgan fingerprint density at radius 1 is 1.50 bits per heavy atom. The Kier molecular flexibility index (Phi) is 2.56. The third-order valence-corrected chi connectivity index (χ3v) is 3.55. The van der Waals surface area contributed by atoms with Crippen molar-refractivity contribution in [1.29, 1.82) is 0 Å². The summed E-state index contributed by atoms with van der Waals surface area (Å²) in [5.74, 6) is 0.846. The van der Waals surface area contributed by atoms with Crippen LogP contribution in [0.1, 0.15) is 6.92 Å². The number of hydrogen-bond acceptors (Lipinski definition) is 4. The van der Waals surface area contributed by atoms with Crippen LogP contribution in [-0.2, 0) is 0 Å². The zero-order chi connectivity index (χ0) is 10.1. The second-order valence-corrected chi connectivity index (χ2v) is 4.27. The second-order valence-electron chi connectivity index (χ2n) is 2.91. The third-order valence-electron chi connectivity index (χ3n) is 1.99. The standard InChI is InChI=1S/C10H11NOS2/c1-2-12-7-3-4-8(13)10-9(7)6(11)5-14-10/h3-5,13H,2,11H2,1H3. The van der Waals surface area contributed by atoms with Gasteiger partial charge in [0.1, 0.15) is 5.75 Å². The van der Waals surface area contributed by atoms with Crippen molar-refractivity contribution in [2.75, 3.05) is 12.3 Å². The van der Waals surface area contributed by atoms with E-state index >= 15 is 0 Å². The Morgan fingerprint density at radius 3 is 3.00 bits per heavy atom. The van der Waals surface area contributed by atoms with E-state index in [2.05, 4.69) is 12.6 Å². The smallest absolute Gasteiger partial charge is 0.130 e. The maximum absolute atomic E-state index is 5.87. The number of anilines is 1. The second kappa shape index (κ2) is 3.71. The first-order valence-electron chi connectivity index (χ1n) is 4.35. The quantitative estimate of drug-likeness (QED) is 0.770. The third kappa shape index (κ3) is 1.44. The molecule has 0 aliphatic carbocycles. The number of nitrogens with two attached hydrogens (primary N) is 1. The summed E-state index contributed by atoms with van der Waals surface area (Å²) in [4.78, 5) is 0.949. The van der Waals surface area contributed by atoms with Gasteiger partial charge in [0.2, 0.25) is 0 Å². The van der Waals surface area contributed by atoms with Gasteiger partial charge in [0.25, 0.3) is 0 Å². The van der Waals surface area contributed by atoms with Crippen LogP contribution in [0.3, 0.4) is 0 Å². The maximum atomic E-state index is 5.87. The molecule has 0 saturated carbocycles. The van der Waals surface area contributed by atoms with E-state index in [9.17, 15) is 0 Å². The van der Waals surface area contributed by atoms with E-state index in [4.69, 9.17) is 10.5 Å². The SMILES string of the molecule is CCOc1ccc(S)c2scc(N)c12. The van der Waals surface area contributed by atoms with Crippen LogP contribution in [0.15, 0.2) is 22.4 Å². The zero-order valence-electron chi connectivity index (χ0n) is 7.78. The van der Waals surface area contributed by atoms with E-state index in [0.717, 1.165) is 26.4 Å². The number of thiophene rings is 1. The van der Waals surface area contributed by atoms with Gasteiger partial charge < -0.3 is 10.5 Å². The number of benzene rings is 1. The van der Waals surface area contributed by atoms with Crippen molar-refractivity contribution >= 4 is 39.7 Å². The van der Waals surface area contributed by atoms with Crippen LogP contribution < -0.4 is 10.5 Å². The summed E-state index contributed by atoms with van der Waals surface area (Å²) < 4.78 is 6.60. The van der Waals surface area contributed by atoms with Crippen LogP contribution in [0.25, 0.3) is 10.1 Å². The first kappa shape index (κ1) is 9.68. The summed E-state index contributed by atoms with van der Waals surface area (Å²) >= 11 is 5.98. The number of ether oxygens (including phenoxy) is 1. The van der Waals surface area contributed by atoms with Crippen molar-refractivity contribution in [3.63, 3.8) is 0 Å². The Morgan fingerprint density at radius 2 is 2.29 bits per heavy atom. The molecule has 0 spiro atoms. The molecule has 0 radical (unpaired) electrons. The number of rotatable bonds is 2. The highest BCUT2D eigenvalue weighted by molar-refractivity contribution is 7.80. The van der Waals surface area contributed by atoms with Crippen LogP contribution in [0.2, 0.25) is 0 Å². The van der Waals surface area contributed by atoms with Gasteiger partial charge in [-0.05, 0) is 19.1 Å². The fourth-order valence-corrected chi connectivity index (χ4v) is 2.64. The molecule has 0 fully saturated rings. The minimum absolute atomic E-state index is 0.649. The van der Waals surface area contributed by atoms with Gasteiger partial charge in [-0.3, -0.25) is 0 Å². The molecule has 1 aromatic carbocycles. The highest BCUT2D eigenvalue weighted by Crippen LogP contribution is 2.39. The summed E-state index contributed by atoms with van der Waals surface area (Å²) in [7, 11) is 0. The monoisotopic (exact) mass is 225 g/mol. The Hall–Kier alpha value is -0.870. The highest BCUT2D eigenvalue weighted by atomic mass is 32.1. The lowest BCUT2D eigenvalue weighted by Gasteiger charge is -2.06. The predicted octanol–water partition coefficient (Wildman–Crippen LogP) is 3.17. The Balaban J connectivity index is 2.72. The number of hydrogen-bond donors (Lipinski definition) is 2. The molecule has 2 rings (SSSR count).